The van der Waals surface area contributed by atoms with Gasteiger partial charge in [-0.15, -0.1) is 0 Å². The van der Waals surface area contributed by atoms with Gasteiger partial charge in [0.05, 0.1) is 12.2 Å². The number of carboxylic acid groups (broad SMARTS) is 1. The van der Waals surface area contributed by atoms with Crippen molar-refractivity contribution in [2.75, 3.05) is 6.61 Å². The van der Waals surface area contributed by atoms with E-state index in [-0.39, 0.29) is 5.76 Å². The van der Waals surface area contributed by atoms with E-state index < -0.39 is 17.7 Å². The van der Waals surface area contributed by atoms with Crippen LogP contribution in [0, 0.1) is 0 Å². The number of aliphatic carboxylic acids is 1. The number of rotatable bonds is 6. The summed E-state index contributed by atoms with van der Waals surface area (Å²) in [5.74, 6) is -0.887. The van der Waals surface area contributed by atoms with Gasteiger partial charge < -0.3 is 9.84 Å². The topological polar surface area (TPSA) is 46.5 Å². The van der Waals surface area contributed by atoms with Crippen molar-refractivity contribution >= 4 is 11.5 Å². The summed E-state index contributed by atoms with van der Waals surface area (Å²) in [6, 6.07) is 4.47. The highest BCUT2D eigenvalue weighted by Gasteiger charge is 2.30. The van der Waals surface area contributed by atoms with E-state index >= 15 is 0 Å². The molecule has 0 aliphatic heterocycles. The van der Waals surface area contributed by atoms with Gasteiger partial charge in [-0.3, -0.25) is 0 Å². The molecular weight excluding hydrogens is 297 g/mol. The van der Waals surface area contributed by atoms with Crippen LogP contribution in [-0.2, 0) is 15.7 Å². The van der Waals surface area contributed by atoms with Gasteiger partial charge in [-0.2, -0.15) is 13.2 Å². The maximum absolute atomic E-state index is 12.6. The van der Waals surface area contributed by atoms with Crippen molar-refractivity contribution in [3.63, 3.8) is 0 Å². The molecule has 0 radical (unpaired) electrons. The molecule has 0 saturated heterocycles. The summed E-state index contributed by atoms with van der Waals surface area (Å²) in [7, 11) is 0. The Morgan fingerprint density at radius 1 is 1.32 bits per heavy atom. The van der Waals surface area contributed by atoms with Gasteiger partial charge in [0.2, 0.25) is 0 Å². The normalized spacial score (nSPS) is 12.5. The van der Waals surface area contributed by atoms with Crippen molar-refractivity contribution in [3.05, 3.63) is 66.0 Å². The van der Waals surface area contributed by atoms with E-state index in [1.165, 1.54) is 24.3 Å². The lowest BCUT2D eigenvalue weighted by atomic mass is 10.0. The molecule has 0 saturated carbocycles. The molecule has 0 aliphatic rings. The van der Waals surface area contributed by atoms with E-state index in [2.05, 4.69) is 6.58 Å². The van der Waals surface area contributed by atoms with Crippen LogP contribution in [0.15, 0.2) is 54.8 Å². The number of hydrogen-bond acceptors (Lipinski definition) is 2. The Kier molecular flexibility index (Phi) is 5.98. The number of halogens is 3. The van der Waals surface area contributed by atoms with Gasteiger partial charge in [0.15, 0.2) is 0 Å². The quantitative estimate of drug-likeness (QED) is 0.484. The molecule has 0 amide bonds. The lowest BCUT2D eigenvalue weighted by Gasteiger charge is -2.13. The lowest BCUT2D eigenvalue weighted by molar-refractivity contribution is -0.137. The van der Waals surface area contributed by atoms with Crippen LogP contribution < -0.4 is 0 Å². The zero-order valence-corrected chi connectivity index (χ0v) is 11.9. The highest BCUT2D eigenvalue weighted by atomic mass is 19.4. The number of ether oxygens (including phenoxy) is 1. The summed E-state index contributed by atoms with van der Waals surface area (Å²) in [4.78, 5) is 10.5. The number of allylic oxidation sites excluding steroid dienone is 3. The third-order valence-electron chi connectivity index (χ3n) is 2.64. The van der Waals surface area contributed by atoms with Gasteiger partial charge in [-0.1, -0.05) is 30.9 Å². The lowest BCUT2D eigenvalue weighted by Crippen LogP contribution is -2.04. The summed E-state index contributed by atoms with van der Waals surface area (Å²) in [6.07, 6.45) is -0.819. The number of hydrogen-bond donors (Lipinski definition) is 1. The molecule has 0 spiro atoms. The largest absolute Gasteiger partial charge is 0.494 e. The van der Waals surface area contributed by atoms with Crippen LogP contribution in [0.5, 0.6) is 0 Å². The first-order valence-electron chi connectivity index (χ1n) is 6.36. The third kappa shape index (κ3) is 5.12. The summed E-state index contributed by atoms with van der Waals surface area (Å²) < 4.78 is 42.9. The molecule has 1 aromatic carbocycles. The minimum atomic E-state index is -4.41. The molecule has 1 rings (SSSR count). The molecule has 0 atom stereocenters. The second-order valence-electron chi connectivity index (χ2n) is 4.21. The minimum Gasteiger partial charge on any atom is -0.494 e. The maximum atomic E-state index is 12.6. The van der Waals surface area contributed by atoms with Crippen LogP contribution in [0.25, 0.3) is 5.57 Å². The van der Waals surface area contributed by atoms with Crippen molar-refractivity contribution in [2.45, 2.75) is 13.1 Å². The Bertz CT molecular complexity index is 596. The van der Waals surface area contributed by atoms with Gasteiger partial charge in [-0.25, -0.2) is 4.79 Å². The SMILES string of the molecule is C=C(OCC)/C(=C/C=C/C(=O)O)c1ccc(C(F)(F)F)cc1. The van der Waals surface area contributed by atoms with E-state index in [1.54, 1.807) is 6.92 Å². The van der Waals surface area contributed by atoms with Gasteiger partial charge >= 0.3 is 12.1 Å². The predicted molar refractivity (Wildman–Crippen MR) is 77.0 cm³/mol. The maximum Gasteiger partial charge on any atom is 0.416 e. The van der Waals surface area contributed by atoms with Crippen molar-refractivity contribution in [2.24, 2.45) is 0 Å². The average molecular weight is 312 g/mol. The fourth-order valence-electron chi connectivity index (χ4n) is 1.67. The Labute approximate surface area is 126 Å². The Morgan fingerprint density at radius 3 is 2.36 bits per heavy atom. The summed E-state index contributed by atoms with van der Waals surface area (Å²) >= 11 is 0. The van der Waals surface area contributed by atoms with Gasteiger partial charge in [-0.05, 0) is 24.6 Å². The van der Waals surface area contributed by atoms with Crippen LogP contribution in [-0.4, -0.2) is 17.7 Å². The van der Waals surface area contributed by atoms with Crippen LogP contribution in [0.2, 0.25) is 0 Å². The zero-order chi connectivity index (χ0) is 16.8. The van der Waals surface area contributed by atoms with Crippen LogP contribution in [0.1, 0.15) is 18.1 Å². The van der Waals surface area contributed by atoms with Crippen molar-refractivity contribution in [3.8, 4) is 0 Å². The molecule has 0 bridgehead atoms. The van der Waals surface area contributed by atoms with E-state index in [4.69, 9.17) is 9.84 Å². The van der Waals surface area contributed by atoms with Crippen LogP contribution in [0.3, 0.4) is 0 Å². The highest BCUT2D eigenvalue weighted by molar-refractivity contribution is 5.82. The molecule has 6 heteroatoms. The second kappa shape index (κ2) is 7.49. The fraction of sp³-hybridized carbons (Fsp3) is 0.188. The summed E-state index contributed by atoms with van der Waals surface area (Å²) in [6.45, 7) is 5.77. The molecule has 0 aromatic heterocycles. The Morgan fingerprint density at radius 2 is 1.91 bits per heavy atom. The Balaban J connectivity index is 3.16. The first-order chi connectivity index (χ1) is 10.3. The summed E-state index contributed by atoms with van der Waals surface area (Å²) in [5.41, 5.74) is 0.0910. The smallest absolute Gasteiger partial charge is 0.416 e. The number of benzene rings is 1. The standard InChI is InChI=1S/C16H15F3O3/c1-3-22-11(2)14(5-4-6-15(20)21)12-7-9-13(10-8-12)16(17,18)19/h4-10H,2-3H2,1H3,(H,20,21)/b6-4+,14-5-. The fourth-order valence-corrected chi connectivity index (χ4v) is 1.67. The number of carbonyl (C=O) groups is 1. The van der Waals surface area contributed by atoms with E-state index in [9.17, 15) is 18.0 Å². The summed E-state index contributed by atoms with van der Waals surface area (Å²) in [5, 5.41) is 8.57. The van der Waals surface area contributed by atoms with Gasteiger partial charge in [0.25, 0.3) is 0 Å². The Hall–Kier alpha value is -2.50. The first-order valence-corrected chi connectivity index (χ1v) is 6.36. The third-order valence-corrected chi connectivity index (χ3v) is 2.64. The molecule has 0 heterocycles. The average Bonchev–Trinajstić information content (AvgIpc) is 2.43. The van der Waals surface area contributed by atoms with Crippen LogP contribution >= 0.6 is 0 Å². The van der Waals surface area contributed by atoms with Crippen molar-refractivity contribution in [1.82, 2.24) is 0 Å². The molecule has 0 aliphatic carbocycles. The number of carboxylic acids is 1. The van der Waals surface area contributed by atoms with E-state index in [0.29, 0.717) is 17.7 Å². The molecule has 1 N–H and O–H groups in total. The molecule has 0 fully saturated rings. The number of alkyl halides is 3. The van der Waals surface area contributed by atoms with Crippen molar-refractivity contribution < 1.29 is 27.8 Å². The molecule has 22 heavy (non-hydrogen) atoms. The van der Waals surface area contributed by atoms with Gasteiger partial charge in [0, 0.05) is 11.6 Å². The second-order valence-corrected chi connectivity index (χ2v) is 4.21. The van der Waals surface area contributed by atoms with Crippen molar-refractivity contribution in [1.29, 1.82) is 0 Å². The zero-order valence-electron chi connectivity index (χ0n) is 11.9. The highest BCUT2D eigenvalue weighted by Crippen LogP contribution is 2.31. The van der Waals surface area contributed by atoms with Crippen LogP contribution in [0.4, 0.5) is 13.2 Å². The minimum absolute atomic E-state index is 0.247. The molecule has 3 nitrogen and oxygen atoms in total. The first kappa shape index (κ1) is 17.6. The molecule has 1 aromatic rings. The molecular formula is C16H15F3O3. The van der Waals surface area contributed by atoms with E-state index in [1.807, 2.05) is 0 Å². The molecule has 118 valence electrons. The predicted octanol–water partition coefficient (Wildman–Crippen LogP) is 4.28. The monoisotopic (exact) mass is 312 g/mol. The van der Waals surface area contributed by atoms with Gasteiger partial charge in [0.1, 0.15) is 5.76 Å². The molecule has 0 unspecified atom stereocenters. The van der Waals surface area contributed by atoms with E-state index in [0.717, 1.165) is 18.2 Å².